The minimum absolute atomic E-state index is 0. The number of rotatable bonds is 9. The maximum absolute atomic E-state index is 12.7. The Hall–Kier alpha value is -2.39. The van der Waals surface area contributed by atoms with Gasteiger partial charge in [0.15, 0.2) is 11.5 Å². The smallest absolute Gasteiger partial charge is 0.387 e. The number of carbonyl (C=O) groups excluding carboxylic acids is 1. The van der Waals surface area contributed by atoms with Gasteiger partial charge in [0.25, 0.3) is 0 Å². The molecule has 2 rings (SSSR count). The van der Waals surface area contributed by atoms with Gasteiger partial charge in [0, 0.05) is 30.9 Å². The number of halogens is 3. The maximum Gasteiger partial charge on any atom is 0.387 e. The molecule has 2 N–H and O–H groups in total. The summed E-state index contributed by atoms with van der Waals surface area (Å²) in [5, 5.41) is 9.67. The van der Waals surface area contributed by atoms with Gasteiger partial charge in [-0.3, -0.25) is 9.48 Å². The highest BCUT2D eigenvalue weighted by atomic mass is 35.5. The van der Waals surface area contributed by atoms with Crippen LogP contribution in [0.1, 0.15) is 24.1 Å². The molecule has 0 spiro atoms. The molecule has 0 aliphatic heterocycles. The highest BCUT2D eigenvalue weighted by Gasteiger charge is 2.21. The third-order valence-electron chi connectivity index (χ3n) is 3.63. The summed E-state index contributed by atoms with van der Waals surface area (Å²) in [4.78, 5) is 12.5. The number of ether oxygens (including phenoxy) is 2. The third kappa shape index (κ3) is 6.07. The molecule has 0 saturated heterocycles. The molecule has 1 amide bonds. The second kappa shape index (κ2) is 10.7. The first-order chi connectivity index (χ1) is 12.5. The van der Waals surface area contributed by atoms with Crippen molar-refractivity contribution in [3.8, 4) is 11.5 Å². The summed E-state index contributed by atoms with van der Waals surface area (Å²) in [6.45, 7) is -0.934. The second-order valence-corrected chi connectivity index (χ2v) is 5.44. The first-order valence-corrected chi connectivity index (χ1v) is 8.09. The molecule has 0 aliphatic rings. The number of amides is 1. The summed E-state index contributed by atoms with van der Waals surface area (Å²) >= 11 is 0. The van der Waals surface area contributed by atoms with Gasteiger partial charge in [0.1, 0.15) is 6.04 Å². The van der Waals surface area contributed by atoms with Gasteiger partial charge in [-0.1, -0.05) is 12.1 Å². The fourth-order valence-corrected chi connectivity index (χ4v) is 2.52. The number of hydrogen-bond donors (Lipinski definition) is 2. The Morgan fingerprint density at radius 2 is 2.11 bits per heavy atom. The van der Waals surface area contributed by atoms with Crippen LogP contribution in [0.2, 0.25) is 0 Å². The van der Waals surface area contributed by atoms with Gasteiger partial charge in [0.05, 0.1) is 12.8 Å². The van der Waals surface area contributed by atoms with E-state index in [0.717, 1.165) is 0 Å². The molecule has 27 heavy (non-hydrogen) atoms. The number of aryl methyl sites for hydroxylation is 1. The van der Waals surface area contributed by atoms with Crippen LogP contribution < -0.4 is 20.1 Å². The number of alkyl halides is 2. The van der Waals surface area contributed by atoms with Crippen LogP contribution in [0, 0.1) is 0 Å². The van der Waals surface area contributed by atoms with E-state index in [1.165, 1.54) is 0 Å². The summed E-state index contributed by atoms with van der Waals surface area (Å²) in [6, 6.07) is 4.18. The SMILES string of the molecule is CCOc1cccc(CNC(=O)C(NC)c2cnn(C)c2)c1OC(F)F.Cl. The number of carbonyl (C=O) groups is 1. The zero-order valence-electron chi connectivity index (χ0n) is 15.2. The van der Waals surface area contributed by atoms with E-state index in [0.29, 0.717) is 17.7 Å². The Bertz CT molecular complexity index is 743. The van der Waals surface area contributed by atoms with Gasteiger partial charge >= 0.3 is 6.61 Å². The average molecular weight is 405 g/mol. The van der Waals surface area contributed by atoms with Crippen LogP contribution in [0.4, 0.5) is 8.78 Å². The fourth-order valence-electron chi connectivity index (χ4n) is 2.52. The van der Waals surface area contributed by atoms with Crippen molar-refractivity contribution < 1.29 is 23.0 Å². The lowest BCUT2D eigenvalue weighted by Crippen LogP contribution is -2.35. The molecule has 7 nitrogen and oxygen atoms in total. The van der Waals surface area contributed by atoms with Gasteiger partial charge < -0.3 is 20.1 Å². The minimum atomic E-state index is -2.99. The molecular weight excluding hydrogens is 382 g/mol. The van der Waals surface area contributed by atoms with Crippen LogP contribution in [-0.4, -0.2) is 36.0 Å². The topological polar surface area (TPSA) is 77.4 Å². The lowest BCUT2D eigenvalue weighted by molar-refractivity contribution is -0.123. The number of para-hydroxylation sites is 1. The molecule has 0 aliphatic carbocycles. The zero-order chi connectivity index (χ0) is 19.1. The van der Waals surface area contributed by atoms with Crippen molar-refractivity contribution in [1.29, 1.82) is 0 Å². The van der Waals surface area contributed by atoms with Crippen LogP contribution >= 0.6 is 12.4 Å². The molecule has 1 aromatic carbocycles. The Morgan fingerprint density at radius 1 is 1.37 bits per heavy atom. The zero-order valence-corrected chi connectivity index (χ0v) is 16.1. The molecule has 1 unspecified atom stereocenters. The number of nitrogens with zero attached hydrogens (tertiary/aromatic N) is 2. The Balaban J connectivity index is 0.00000364. The summed E-state index contributed by atoms with van der Waals surface area (Å²) in [5.74, 6) is -0.186. The Labute approximate surface area is 162 Å². The van der Waals surface area contributed by atoms with E-state index in [1.54, 1.807) is 56.3 Å². The molecule has 0 fully saturated rings. The quantitative estimate of drug-likeness (QED) is 0.671. The standard InChI is InChI=1S/C17H22F2N4O3.ClH/c1-4-25-13-7-5-6-11(15(13)26-17(18)19)8-21-16(24)14(20-2)12-9-22-23(3)10-12;/h5-7,9-10,14,17,20H,4,8H2,1-3H3,(H,21,24);1H. The van der Waals surface area contributed by atoms with E-state index < -0.39 is 12.7 Å². The summed E-state index contributed by atoms with van der Waals surface area (Å²) in [5.41, 5.74) is 1.09. The summed E-state index contributed by atoms with van der Waals surface area (Å²) in [7, 11) is 3.40. The average Bonchev–Trinajstić information content (AvgIpc) is 3.01. The normalized spacial score (nSPS) is 11.6. The van der Waals surface area contributed by atoms with Gasteiger partial charge in [-0.05, 0) is 20.0 Å². The number of nitrogens with one attached hydrogen (secondary N) is 2. The monoisotopic (exact) mass is 404 g/mol. The van der Waals surface area contributed by atoms with Crippen LogP contribution in [0.3, 0.4) is 0 Å². The molecule has 1 aromatic heterocycles. The number of aromatic nitrogens is 2. The lowest BCUT2D eigenvalue weighted by atomic mass is 10.1. The van der Waals surface area contributed by atoms with Crippen molar-refractivity contribution in [2.24, 2.45) is 7.05 Å². The van der Waals surface area contributed by atoms with Crippen molar-refractivity contribution in [2.45, 2.75) is 26.1 Å². The van der Waals surface area contributed by atoms with Crippen molar-refractivity contribution in [1.82, 2.24) is 20.4 Å². The van der Waals surface area contributed by atoms with Crippen LogP contribution in [0.25, 0.3) is 0 Å². The van der Waals surface area contributed by atoms with Crippen molar-refractivity contribution in [3.05, 3.63) is 41.7 Å². The predicted octanol–water partition coefficient (Wildman–Crippen LogP) is 2.42. The summed E-state index contributed by atoms with van der Waals surface area (Å²) in [6.07, 6.45) is 3.31. The van der Waals surface area contributed by atoms with Crippen molar-refractivity contribution in [3.63, 3.8) is 0 Å². The molecule has 1 atom stereocenters. The van der Waals surface area contributed by atoms with E-state index in [9.17, 15) is 13.6 Å². The number of likely N-dealkylation sites (N-methyl/N-ethyl adjacent to an activating group) is 1. The highest BCUT2D eigenvalue weighted by molar-refractivity contribution is 5.85. The molecule has 0 saturated carbocycles. The molecular formula is C17H23ClF2N4O3. The maximum atomic E-state index is 12.7. The molecule has 1 heterocycles. The molecule has 0 bridgehead atoms. The van der Waals surface area contributed by atoms with Gasteiger partial charge in [-0.2, -0.15) is 13.9 Å². The number of hydrogen-bond acceptors (Lipinski definition) is 5. The van der Waals surface area contributed by atoms with Crippen LogP contribution in [-0.2, 0) is 18.4 Å². The Morgan fingerprint density at radius 3 is 2.67 bits per heavy atom. The first-order valence-electron chi connectivity index (χ1n) is 8.09. The minimum Gasteiger partial charge on any atom is -0.490 e. The summed E-state index contributed by atoms with van der Waals surface area (Å²) < 4.78 is 37.0. The Kier molecular flexibility index (Phi) is 8.96. The van der Waals surface area contributed by atoms with E-state index in [-0.39, 0.29) is 36.4 Å². The molecule has 2 aromatic rings. The number of benzene rings is 1. The predicted molar refractivity (Wildman–Crippen MR) is 98.3 cm³/mol. The van der Waals surface area contributed by atoms with E-state index in [4.69, 9.17) is 4.74 Å². The molecule has 150 valence electrons. The largest absolute Gasteiger partial charge is 0.490 e. The fraction of sp³-hybridized carbons (Fsp3) is 0.412. The molecule has 0 radical (unpaired) electrons. The molecule has 10 heteroatoms. The van der Waals surface area contributed by atoms with Crippen LogP contribution in [0.5, 0.6) is 11.5 Å². The van der Waals surface area contributed by atoms with Crippen LogP contribution in [0.15, 0.2) is 30.6 Å². The van der Waals surface area contributed by atoms with E-state index in [1.807, 2.05) is 0 Å². The van der Waals surface area contributed by atoms with E-state index >= 15 is 0 Å². The van der Waals surface area contributed by atoms with Crippen molar-refractivity contribution >= 4 is 18.3 Å². The second-order valence-electron chi connectivity index (χ2n) is 5.44. The lowest BCUT2D eigenvalue weighted by Gasteiger charge is -2.18. The van der Waals surface area contributed by atoms with Gasteiger partial charge in [-0.15, -0.1) is 12.4 Å². The van der Waals surface area contributed by atoms with Crippen molar-refractivity contribution in [2.75, 3.05) is 13.7 Å². The van der Waals surface area contributed by atoms with Gasteiger partial charge in [-0.25, -0.2) is 0 Å². The van der Waals surface area contributed by atoms with Gasteiger partial charge in [0.2, 0.25) is 5.91 Å². The third-order valence-corrected chi connectivity index (χ3v) is 3.63. The first kappa shape index (κ1) is 22.7. The highest BCUT2D eigenvalue weighted by Crippen LogP contribution is 2.32. The van der Waals surface area contributed by atoms with E-state index in [2.05, 4.69) is 20.5 Å².